The summed E-state index contributed by atoms with van der Waals surface area (Å²) in [6, 6.07) is 0. The molecule has 0 aromatic heterocycles. The molecule has 0 saturated heterocycles. The molecule has 4 heteroatoms. The van der Waals surface area contributed by atoms with Crippen LogP contribution in [0, 0.1) is 0 Å². The van der Waals surface area contributed by atoms with Gasteiger partial charge in [0.05, 0.1) is 12.6 Å². The molecule has 0 rings (SSSR count). The van der Waals surface area contributed by atoms with E-state index in [1.807, 2.05) is 0 Å². The zero-order valence-electron chi connectivity index (χ0n) is 5.18. The van der Waals surface area contributed by atoms with Gasteiger partial charge >= 0.3 is 57.4 Å². The Kier molecular flexibility index (Phi) is 10.1. The Morgan fingerprint density at radius 3 is 2.22 bits per heavy atom. The standard InChI is InChI=1S/C5H11NO2.K.H/c1-4(2)8-5(7)3-6;;/h4H,3,6H2,1-2H3;;. The van der Waals surface area contributed by atoms with Crippen LogP contribution in [0.25, 0.3) is 0 Å². The van der Waals surface area contributed by atoms with Crippen LogP contribution in [-0.2, 0) is 9.53 Å². The van der Waals surface area contributed by atoms with Crippen molar-refractivity contribution in [3.05, 3.63) is 0 Å². The van der Waals surface area contributed by atoms with Crippen molar-refractivity contribution in [1.82, 2.24) is 0 Å². The fourth-order valence-corrected chi connectivity index (χ4v) is 0.311. The van der Waals surface area contributed by atoms with Crippen molar-refractivity contribution in [2.24, 2.45) is 5.73 Å². The topological polar surface area (TPSA) is 52.3 Å². The molecule has 0 amide bonds. The van der Waals surface area contributed by atoms with Gasteiger partial charge in [-0.3, -0.25) is 4.79 Å². The first kappa shape index (κ1) is 12.7. The van der Waals surface area contributed by atoms with E-state index >= 15 is 0 Å². The van der Waals surface area contributed by atoms with Gasteiger partial charge in [0.2, 0.25) is 0 Å². The molecular weight excluding hydrogens is 145 g/mol. The molecule has 0 aliphatic heterocycles. The summed E-state index contributed by atoms with van der Waals surface area (Å²) in [5.74, 6) is -0.347. The minimum atomic E-state index is -0.347. The predicted molar refractivity (Wildman–Crippen MR) is 37.4 cm³/mol. The van der Waals surface area contributed by atoms with Crippen molar-refractivity contribution < 1.29 is 9.53 Å². The summed E-state index contributed by atoms with van der Waals surface area (Å²) < 4.78 is 4.64. The maximum atomic E-state index is 10.3. The zero-order chi connectivity index (χ0) is 6.57. The molecule has 0 saturated carbocycles. The second kappa shape index (κ2) is 7.18. The zero-order valence-corrected chi connectivity index (χ0v) is 5.18. The summed E-state index contributed by atoms with van der Waals surface area (Å²) in [5.41, 5.74) is 4.95. The van der Waals surface area contributed by atoms with Crippen LogP contribution in [0.1, 0.15) is 13.8 Å². The first-order valence-electron chi connectivity index (χ1n) is 2.56. The van der Waals surface area contributed by atoms with Gasteiger partial charge in [-0.05, 0) is 13.8 Å². The van der Waals surface area contributed by atoms with Crippen LogP contribution in [0.3, 0.4) is 0 Å². The first-order valence-corrected chi connectivity index (χ1v) is 2.56. The van der Waals surface area contributed by atoms with Crippen molar-refractivity contribution in [2.75, 3.05) is 6.54 Å². The van der Waals surface area contributed by atoms with E-state index in [1.54, 1.807) is 13.8 Å². The summed E-state index contributed by atoms with van der Waals surface area (Å²) in [7, 11) is 0. The molecule has 0 bridgehead atoms. The van der Waals surface area contributed by atoms with Crippen LogP contribution >= 0.6 is 0 Å². The van der Waals surface area contributed by atoms with Gasteiger partial charge in [-0.25, -0.2) is 0 Å². The third-order valence-corrected chi connectivity index (χ3v) is 0.534. The third-order valence-electron chi connectivity index (χ3n) is 0.534. The molecule has 0 unspecified atom stereocenters. The molecule has 0 spiro atoms. The second-order valence-electron chi connectivity index (χ2n) is 1.74. The Morgan fingerprint density at radius 1 is 1.67 bits per heavy atom. The molecule has 0 heterocycles. The van der Waals surface area contributed by atoms with E-state index in [0.29, 0.717) is 0 Å². The van der Waals surface area contributed by atoms with Crippen molar-refractivity contribution >= 4 is 57.4 Å². The van der Waals surface area contributed by atoms with Gasteiger partial charge in [0.25, 0.3) is 0 Å². The number of hydrogen-bond acceptors (Lipinski definition) is 3. The summed E-state index contributed by atoms with van der Waals surface area (Å²) in [5, 5.41) is 0. The van der Waals surface area contributed by atoms with Crippen LogP contribution in [0.15, 0.2) is 0 Å². The van der Waals surface area contributed by atoms with Gasteiger partial charge in [0.15, 0.2) is 0 Å². The molecule has 9 heavy (non-hydrogen) atoms. The Labute approximate surface area is 97.7 Å². The Hall–Kier alpha value is 1.07. The van der Waals surface area contributed by atoms with Crippen LogP contribution in [0.2, 0.25) is 0 Å². The van der Waals surface area contributed by atoms with Crippen molar-refractivity contribution in [2.45, 2.75) is 20.0 Å². The fraction of sp³-hybridized carbons (Fsp3) is 0.800. The van der Waals surface area contributed by atoms with Gasteiger partial charge in [-0.1, -0.05) is 0 Å². The third kappa shape index (κ3) is 9.07. The molecule has 0 aliphatic carbocycles. The molecule has 50 valence electrons. The number of rotatable bonds is 2. The molecular formula is C5H12KNO2. The van der Waals surface area contributed by atoms with E-state index < -0.39 is 0 Å². The predicted octanol–water partition coefficient (Wildman–Crippen LogP) is -0.752. The fourth-order valence-electron chi connectivity index (χ4n) is 0.311. The molecule has 0 aromatic carbocycles. The monoisotopic (exact) mass is 157 g/mol. The molecule has 2 N–H and O–H groups in total. The van der Waals surface area contributed by atoms with E-state index in [2.05, 4.69) is 4.74 Å². The van der Waals surface area contributed by atoms with E-state index in [4.69, 9.17) is 5.73 Å². The number of esters is 1. The average Bonchev–Trinajstić information content (AvgIpc) is 1.65. The van der Waals surface area contributed by atoms with E-state index in [-0.39, 0.29) is 70.0 Å². The minimum absolute atomic E-state index is 0. The summed E-state index contributed by atoms with van der Waals surface area (Å²) >= 11 is 0. The Balaban J connectivity index is 0. The molecule has 0 aliphatic rings. The van der Waals surface area contributed by atoms with Crippen molar-refractivity contribution in [3.8, 4) is 0 Å². The Bertz CT molecular complexity index is 85.0. The number of carbonyl (C=O) groups excluding carboxylic acids is 1. The summed E-state index contributed by atoms with van der Waals surface area (Å²) in [4.78, 5) is 10.3. The first-order chi connectivity index (χ1) is 3.66. The molecule has 3 nitrogen and oxygen atoms in total. The normalized spacial score (nSPS) is 8.44. The van der Waals surface area contributed by atoms with Gasteiger partial charge < -0.3 is 10.5 Å². The SMILES string of the molecule is CC(C)OC(=O)CN.[KH]. The quantitative estimate of drug-likeness (QED) is 0.424. The van der Waals surface area contributed by atoms with E-state index in [0.717, 1.165) is 0 Å². The molecule has 0 radical (unpaired) electrons. The average molecular weight is 157 g/mol. The molecule has 0 atom stereocenters. The van der Waals surface area contributed by atoms with E-state index in [1.165, 1.54) is 0 Å². The van der Waals surface area contributed by atoms with Crippen LogP contribution in [0.5, 0.6) is 0 Å². The van der Waals surface area contributed by atoms with Gasteiger partial charge in [0.1, 0.15) is 0 Å². The molecule has 0 fully saturated rings. The number of hydrogen-bond donors (Lipinski definition) is 1. The molecule has 0 aromatic rings. The summed E-state index contributed by atoms with van der Waals surface area (Å²) in [6.45, 7) is 3.54. The van der Waals surface area contributed by atoms with Crippen molar-refractivity contribution in [3.63, 3.8) is 0 Å². The van der Waals surface area contributed by atoms with Gasteiger partial charge in [-0.2, -0.15) is 0 Å². The van der Waals surface area contributed by atoms with Crippen molar-refractivity contribution in [1.29, 1.82) is 0 Å². The second-order valence-corrected chi connectivity index (χ2v) is 1.74. The maximum absolute atomic E-state index is 10.3. The van der Waals surface area contributed by atoms with E-state index in [9.17, 15) is 4.79 Å². The van der Waals surface area contributed by atoms with Crippen LogP contribution in [0.4, 0.5) is 0 Å². The number of nitrogens with two attached hydrogens (primary N) is 1. The van der Waals surface area contributed by atoms with Crippen LogP contribution in [-0.4, -0.2) is 70.0 Å². The number of carbonyl (C=O) groups is 1. The number of ether oxygens (including phenoxy) is 1. The van der Waals surface area contributed by atoms with Gasteiger partial charge in [-0.15, -0.1) is 0 Å². The Morgan fingerprint density at radius 2 is 2.11 bits per heavy atom. The van der Waals surface area contributed by atoms with Gasteiger partial charge in [0, 0.05) is 0 Å². The van der Waals surface area contributed by atoms with Crippen LogP contribution < -0.4 is 5.73 Å². The summed E-state index contributed by atoms with van der Waals surface area (Å²) in [6.07, 6.45) is -0.0500.